The van der Waals surface area contributed by atoms with Gasteiger partial charge in [0.1, 0.15) is 11.6 Å². The van der Waals surface area contributed by atoms with Crippen LogP contribution in [0.25, 0.3) is 28.4 Å². The normalized spacial score (nSPS) is 11.4. The highest BCUT2D eigenvalue weighted by Gasteiger charge is 2.12. The van der Waals surface area contributed by atoms with Crippen molar-refractivity contribution < 1.29 is 4.74 Å². The summed E-state index contributed by atoms with van der Waals surface area (Å²) < 4.78 is 5.85. The molecule has 0 fully saturated rings. The Labute approximate surface area is 166 Å². The third-order valence-electron chi connectivity index (χ3n) is 4.64. The highest BCUT2D eigenvalue weighted by molar-refractivity contribution is 5.88. The molecule has 146 valence electrons. The fourth-order valence-electron chi connectivity index (χ4n) is 3.17. The quantitative estimate of drug-likeness (QED) is 0.468. The van der Waals surface area contributed by atoms with E-state index in [2.05, 4.69) is 31.0 Å². The van der Waals surface area contributed by atoms with Crippen LogP contribution in [-0.4, -0.2) is 16.6 Å². The van der Waals surface area contributed by atoms with Crippen LogP contribution in [-0.2, 0) is 0 Å². The Hall–Kier alpha value is -2.88. The van der Waals surface area contributed by atoms with Gasteiger partial charge in [0.15, 0.2) is 0 Å². The lowest BCUT2D eigenvalue weighted by Crippen LogP contribution is -2.10. The van der Waals surface area contributed by atoms with E-state index >= 15 is 0 Å². The van der Waals surface area contributed by atoms with Crippen LogP contribution in [0.15, 0.2) is 53.3 Å². The van der Waals surface area contributed by atoms with Crippen molar-refractivity contribution in [1.82, 2.24) is 9.97 Å². The van der Waals surface area contributed by atoms with Crippen molar-refractivity contribution in [1.29, 1.82) is 0 Å². The van der Waals surface area contributed by atoms with E-state index < -0.39 is 0 Å². The summed E-state index contributed by atoms with van der Waals surface area (Å²) in [5, 5.41) is 0.603. The van der Waals surface area contributed by atoms with Crippen molar-refractivity contribution >= 4 is 17.0 Å². The molecule has 0 spiro atoms. The molecule has 2 aromatic carbocycles. The zero-order chi connectivity index (χ0) is 19.8. The zero-order valence-electron chi connectivity index (χ0n) is 16.7. The maximum absolute atomic E-state index is 12.7. The second-order valence-corrected chi connectivity index (χ2v) is 6.90. The van der Waals surface area contributed by atoms with Crippen molar-refractivity contribution in [3.63, 3.8) is 0 Å². The maximum atomic E-state index is 12.7. The molecule has 0 amide bonds. The number of hydrogen-bond donors (Lipinski definition) is 1. The number of nitrogens with zero attached hydrogens (tertiary/aromatic N) is 1. The molecule has 0 aliphatic heterocycles. The molecule has 4 nitrogen and oxygen atoms in total. The number of hydrogen-bond acceptors (Lipinski definition) is 3. The summed E-state index contributed by atoms with van der Waals surface area (Å²) in [4.78, 5) is 20.4. The lowest BCUT2D eigenvalue weighted by Gasteiger charge is -2.11. The highest BCUT2D eigenvalue weighted by Crippen LogP contribution is 2.28. The number of ether oxygens (including phenoxy) is 1. The molecule has 3 rings (SSSR count). The molecule has 0 saturated carbocycles. The van der Waals surface area contributed by atoms with Gasteiger partial charge in [0.2, 0.25) is 0 Å². The van der Waals surface area contributed by atoms with Gasteiger partial charge in [-0.15, -0.1) is 0 Å². The third kappa shape index (κ3) is 4.69. The molecule has 0 radical (unpaired) electrons. The number of para-hydroxylation sites is 2. The largest absolute Gasteiger partial charge is 0.493 e. The molecule has 3 aromatic rings. The SMILES string of the molecule is CCCCC/C=C/c1cccc2c(=O)[nH]c(-c3ccccc3OCCC)nc12. The van der Waals surface area contributed by atoms with Gasteiger partial charge in [0.05, 0.1) is 23.1 Å². The molecule has 0 aliphatic carbocycles. The van der Waals surface area contributed by atoms with E-state index in [1.54, 1.807) is 0 Å². The zero-order valence-corrected chi connectivity index (χ0v) is 16.7. The number of allylic oxidation sites excluding steroid dienone is 1. The molecule has 0 saturated heterocycles. The van der Waals surface area contributed by atoms with Gasteiger partial charge < -0.3 is 9.72 Å². The van der Waals surface area contributed by atoms with Gasteiger partial charge in [-0.05, 0) is 37.5 Å². The first-order valence-electron chi connectivity index (χ1n) is 10.2. The predicted molar refractivity (Wildman–Crippen MR) is 117 cm³/mol. The third-order valence-corrected chi connectivity index (χ3v) is 4.64. The predicted octanol–water partition coefficient (Wildman–Crippen LogP) is 5.97. The van der Waals surface area contributed by atoms with Gasteiger partial charge in [-0.3, -0.25) is 4.79 Å². The monoisotopic (exact) mass is 376 g/mol. The Balaban J connectivity index is 2.02. The standard InChI is InChI=1S/C24H28N2O2/c1-3-5-6-7-8-12-18-13-11-15-20-22(18)25-23(26-24(20)27)19-14-9-10-16-21(19)28-17-4-2/h8-16H,3-7,17H2,1-2H3,(H,25,26,27)/b12-8+. The molecule has 0 aliphatic rings. The Kier molecular flexibility index (Phi) is 7.01. The van der Waals surface area contributed by atoms with Crippen molar-refractivity contribution in [3.8, 4) is 17.1 Å². The van der Waals surface area contributed by atoms with Gasteiger partial charge in [-0.1, -0.05) is 63.1 Å². The smallest absolute Gasteiger partial charge is 0.259 e. The van der Waals surface area contributed by atoms with E-state index in [1.807, 2.05) is 42.5 Å². The van der Waals surface area contributed by atoms with Crippen LogP contribution < -0.4 is 10.3 Å². The van der Waals surface area contributed by atoms with Crippen LogP contribution >= 0.6 is 0 Å². The van der Waals surface area contributed by atoms with Crippen LogP contribution in [0, 0.1) is 0 Å². The van der Waals surface area contributed by atoms with E-state index in [0.29, 0.717) is 17.8 Å². The lowest BCUT2D eigenvalue weighted by atomic mass is 10.1. The summed E-state index contributed by atoms with van der Waals surface area (Å²) in [5.41, 5.74) is 2.36. The summed E-state index contributed by atoms with van der Waals surface area (Å²) in [6.07, 6.45) is 9.83. The first-order valence-corrected chi connectivity index (χ1v) is 10.2. The maximum Gasteiger partial charge on any atom is 0.259 e. The summed E-state index contributed by atoms with van der Waals surface area (Å²) in [7, 11) is 0. The summed E-state index contributed by atoms with van der Waals surface area (Å²) in [6.45, 7) is 4.90. The summed E-state index contributed by atoms with van der Waals surface area (Å²) >= 11 is 0. The minimum absolute atomic E-state index is 0.133. The van der Waals surface area contributed by atoms with Crippen molar-refractivity contribution in [3.05, 3.63) is 64.5 Å². The topological polar surface area (TPSA) is 55.0 Å². The second kappa shape index (κ2) is 9.88. The Bertz CT molecular complexity index is 1000. The lowest BCUT2D eigenvalue weighted by molar-refractivity contribution is 0.318. The fraction of sp³-hybridized carbons (Fsp3) is 0.333. The Morgan fingerprint density at radius 3 is 2.71 bits per heavy atom. The number of nitrogens with one attached hydrogen (secondary N) is 1. The average Bonchev–Trinajstić information content (AvgIpc) is 2.72. The second-order valence-electron chi connectivity index (χ2n) is 6.90. The Morgan fingerprint density at radius 1 is 1.04 bits per heavy atom. The number of H-pyrrole nitrogens is 1. The van der Waals surface area contributed by atoms with Crippen LogP contribution in [0.2, 0.25) is 0 Å². The van der Waals surface area contributed by atoms with Gasteiger partial charge in [0, 0.05) is 5.56 Å². The van der Waals surface area contributed by atoms with E-state index in [-0.39, 0.29) is 5.56 Å². The minimum Gasteiger partial charge on any atom is -0.493 e. The number of aromatic amines is 1. The van der Waals surface area contributed by atoms with E-state index in [4.69, 9.17) is 9.72 Å². The number of rotatable bonds is 9. The van der Waals surface area contributed by atoms with Crippen molar-refractivity contribution in [2.75, 3.05) is 6.61 Å². The molecule has 0 unspecified atom stereocenters. The van der Waals surface area contributed by atoms with Crippen LogP contribution in [0.1, 0.15) is 51.5 Å². The van der Waals surface area contributed by atoms with Crippen LogP contribution in [0.5, 0.6) is 5.75 Å². The highest BCUT2D eigenvalue weighted by atomic mass is 16.5. The number of unbranched alkanes of at least 4 members (excludes halogenated alkanes) is 3. The molecule has 0 atom stereocenters. The molecular weight excluding hydrogens is 348 g/mol. The molecule has 4 heteroatoms. The molecule has 0 bridgehead atoms. The van der Waals surface area contributed by atoms with Gasteiger partial charge >= 0.3 is 0 Å². The van der Waals surface area contributed by atoms with Gasteiger partial charge in [-0.25, -0.2) is 4.98 Å². The summed E-state index contributed by atoms with van der Waals surface area (Å²) in [5.74, 6) is 1.27. The van der Waals surface area contributed by atoms with Crippen LogP contribution in [0.4, 0.5) is 0 Å². The first-order chi connectivity index (χ1) is 13.7. The fourth-order valence-corrected chi connectivity index (χ4v) is 3.17. The van der Waals surface area contributed by atoms with Crippen molar-refractivity contribution in [2.24, 2.45) is 0 Å². The molecular formula is C24H28N2O2. The van der Waals surface area contributed by atoms with E-state index in [0.717, 1.165) is 35.2 Å². The number of aromatic nitrogens is 2. The average molecular weight is 377 g/mol. The number of benzene rings is 2. The first kappa shape index (κ1) is 19.9. The van der Waals surface area contributed by atoms with E-state index in [1.165, 1.54) is 19.3 Å². The molecule has 28 heavy (non-hydrogen) atoms. The van der Waals surface area contributed by atoms with Crippen LogP contribution in [0.3, 0.4) is 0 Å². The molecule has 1 N–H and O–H groups in total. The molecule has 1 aromatic heterocycles. The Morgan fingerprint density at radius 2 is 1.89 bits per heavy atom. The van der Waals surface area contributed by atoms with Gasteiger partial charge in [0.25, 0.3) is 5.56 Å². The van der Waals surface area contributed by atoms with Crippen molar-refractivity contribution in [2.45, 2.75) is 46.0 Å². The van der Waals surface area contributed by atoms with E-state index in [9.17, 15) is 4.79 Å². The molecule has 1 heterocycles. The number of fused-ring (bicyclic) bond motifs is 1. The van der Waals surface area contributed by atoms with Gasteiger partial charge in [-0.2, -0.15) is 0 Å². The summed E-state index contributed by atoms with van der Waals surface area (Å²) in [6, 6.07) is 13.4. The minimum atomic E-state index is -0.133.